The van der Waals surface area contributed by atoms with Crippen molar-refractivity contribution in [3.8, 4) is 0 Å². The van der Waals surface area contributed by atoms with Gasteiger partial charge in [-0.2, -0.15) is 0 Å². The first-order valence-corrected chi connectivity index (χ1v) is 10.3. The Bertz CT molecular complexity index is 413. The highest BCUT2D eigenvalue weighted by Gasteiger charge is 2.60. The zero-order chi connectivity index (χ0) is 16.6. The first-order valence-electron chi connectivity index (χ1n) is 7.35. The fourth-order valence-electron chi connectivity index (χ4n) is 2.63. The molecule has 0 saturated heterocycles. The topological polar surface area (TPSA) is 55.8 Å². The maximum Gasteiger partial charge on any atom is 0.338 e. The lowest BCUT2D eigenvalue weighted by atomic mass is 9.90. The van der Waals surface area contributed by atoms with Gasteiger partial charge in [0, 0.05) is 12.3 Å². The van der Waals surface area contributed by atoms with Gasteiger partial charge >= 0.3 is 5.97 Å². The molecule has 1 fully saturated rings. The van der Waals surface area contributed by atoms with Gasteiger partial charge in [-0.3, -0.25) is 0 Å². The molecule has 4 atom stereocenters. The van der Waals surface area contributed by atoms with Crippen LogP contribution in [-0.2, 0) is 14.0 Å². The van der Waals surface area contributed by atoms with E-state index in [0.29, 0.717) is 0 Å². The van der Waals surface area contributed by atoms with Crippen molar-refractivity contribution in [2.24, 2.45) is 11.8 Å². The maximum atomic E-state index is 12.0. The summed E-state index contributed by atoms with van der Waals surface area (Å²) in [5.74, 6) is -1.31. The minimum Gasteiger partial charge on any atom is -0.467 e. The van der Waals surface area contributed by atoms with Gasteiger partial charge < -0.3 is 14.3 Å². The van der Waals surface area contributed by atoms with E-state index in [-0.39, 0.29) is 23.5 Å². The van der Waals surface area contributed by atoms with E-state index in [1.165, 1.54) is 7.11 Å². The molecule has 1 saturated carbocycles. The first-order chi connectivity index (χ1) is 9.40. The number of esters is 1. The number of carbonyl (C=O) groups is 1. The summed E-state index contributed by atoms with van der Waals surface area (Å²) in [5, 5.41) is 10.8. The average Bonchev–Trinajstić information content (AvgIpc) is 2.58. The Labute approximate surface area is 129 Å². The molecule has 0 unspecified atom stereocenters. The van der Waals surface area contributed by atoms with Crippen LogP contribution < -0.4 is 0 Å². The summed E-state index contributed by atoms with van der Waals surface area (Å²) in [6.45, 7) is 18.6. The molecule has 1 rings (SSSR count). The molecule has 120 valence electrons. The second kappa shape index (κ2) is 5.78. The minimum absolute atomic E-state index is 0.0460. The molecular weight excluding hydrogens is 284 g/mol. The molecule has 0 aliphatic heterocycles. The van der Waals surface area contributed by atoms with Gasteiger partial charge in [-0.15, -0.1) is 6.58 Å². The summed E-state index contributed by atoms with van der Waals surface area (Å²) in [5.41, 5.74) is -1.59. The van der Waals surface area contributed by atoms with Gasteiger partial charge in [0.2, 0.25) is 0 Å². The van der Waals surface area contributed by atoms with E-state index >= 15 is 0 Å². The van der Waals surface area contributed by atoms with Gasteiger partial charge in [-0.05, 0) is 18.1 Å². The number of hydrogen-bond donors (Lipinski definition) is 1. The number of carbonyl (C=O) groups excluding carboxylic acids is 1. The van der Waals surface area contributed by atoms with Crippen molar-refractivity contribution in [1.29, 1.82) is 0 Å². The maximum absolute atomic E-state index is 12.0. The predicted octanol–water partition coefficient (Wildman–Crippen LogP) is 2.94. The van der Waals surface area contributed by atoms with Crippen LogP contribution in [-0.4, -0.2) is 38.2 Å². The van der Waals surface area contributed by atoms with Crippen LogP contribution in [0.15, 0.2) is 12.7 Å². The fourth-order valence-corrected chi connectivity index (χ4v) is 4.00. The first kappa shape index (κ1) is 18.3. The van der Waals surface area contributed by atoms with Crippen molar-refractivity contribution >= 4 is 14.3 Å². The van der Waals surface area contributed by atoms with Crippen molar-refractivity contribution in [3.63, 3.8) is 0 Å². The predicted molar refractivity (Wildman–Crippen MR) is 86.2 cm³/mol. The molecule has 1 aliphatic rings. The van der Waals surface area contributed by atoms with Crippen LogP contribution in [0.5, 0.6) is 0 Å². The Morgan fingerprint density at radius 3 is 2.38 bits per heavy atom. The van der Waals surface area contributed by atoms with E-state index in [9.17, 15) is 9.90 Å². The van der Waals surface area contributed by atoms with Gasteiger partial charge in [0.25, 0.3) is 0 Å². The summed E-state index contributed by atoms with van der Waals surface area (Å²) >= 11 is 0. The zero-order valence-corrected chi connectivity index (χ0v) is 15.1. The summed E-state index contributed by atoms with van der Waals surface area (Å²) in [6, 6.07) is 0. The lowest BCUT2D eigenvalue weighted by Gasteiger charge is -2.40. The molecule has 0 heterocycles. The summed E-state index contributed by atoms with van der Waals surface area (Å²) < 4.78 is 11.2. The van der Waals surface area contributed by atoms with Gasteiger partial charge in [-0.25, -0.2) is 4.79 Å². The number of hydrogen-bond acceptors (Lipinski definition) is 4. The molecule has 0 amide bonds. The van der Waals surface area contributed by atoms with Crippen molar-refractivity contribution in [2.45, 2.75) is 57.0 Å². The Balaban J connectivity index is 3.09. The van der Waals surface area contributed by atoms with Gasteiger partial charge in [0.1, 0.15) is 5.92 Å². The molecule has 21 heavy (non-hydrogen) atoms. The van der Waals surface area contributed by atoms with Crippen LogP contribution in [0.3, 0.4) is 0 Å². The summed E-state index contributed by atoms with van der Waals surface area (Å²) in [6.07, 6.45) is 1.52. The molecule has 0 aromatic heterocycles. The fraction of sp³-hybridized carbons (Fsp3) is 0.750. The Morgan fingerprint density at radius 2 is 2.00 bits per heavy atom. The average molecular weight is 313 g/mol. The molecule has 4 nitrogen and oxygen atoms in total. The summed E-state index contributed by atoms with van der Waals surface area (Å²) in [7, 11) is -0.750. The van der Waals surface area contributed by atoms with Crippen LogP contribution in [0.1, 0.15) is 27.2 Å². The normalized spacial score (nSPS) is 33.8. The number of rotatable bonds is 4. The van der Waals surface area contributed by atoms with E-state index in [2.05, 4.69) is 47.4 Å². The molecule has 0 aromatic carbocycles. The van der Waals surface area contributed by atoms with Crippen LogP contribution in [0, 0.1) is 18.8 Å². The highest BCUT2D eigenvalue weighted by atomic mass is 28.4. The van der Waals surface area contributed by atoms with Crippen molar-refractivity contribution in [2.75, 3.05) is 7.11 Å². The van der Waals surface area contributed by atoms with E-state index in [0.717, 1.165) is 0 Å². The third-order valence-electron chi connectivity index (χ3n) is 4.97. The Hall–Kier alpha value is -0.783. The van der Waals surface area contributed by atoms with Crippen molar-refractivity contribution in [1.82, 2.24) is 0 Å². The number of ether oxygens (including phenoxy) is 1. The van der Waals surface area contributed by atoms with Gasteiger partial charge in [0.05, 0.1) is 20.1 Å². The van der Waals surface area contributed by atoms with E-state index < -0.39 is 25.8 Å². The zero-order valence-electron chi connectivity index (χ0n) is 14.1. The number of aliphatic hydroxyl groups is 1. The second-order valence-electron chi connectivity index (χ2n) is 7.48. The quantitative estimate of drug-likeness (QED) is 0.375. The molecule has 5 heteroatoms. The molecular formula is C16H29O4Si+. The molecule has 0 bridgehead atoms. The lowest BCUT2D eigenvalue weighted by molar-refractivity contribution is -0.165. The minimum atomic E-state index is -2.03. The molecule has 0 radical (unpaired) electrons. The van der Waals surface area contributed by atoms with E-state index in [1.54, 1.807) is 6.08 Å². The third kappa shape index (κ3) is 3.20. The van der Waals surface area contributed by atoms with Gasteiger partial charge in [-0.1, -0.05) is 26.8 Å². The SMILES string of the molecule is C=C[C@H]1[C@H](O[Si](C)(C)C(C)(C)C)[C@@H]([CH2+])C[C@]1(O)C(=O)OC. The van der Waals surface area contributed by atoms with Crippen LogP contribution in [0.2, 0.25) is 18.1 Å². The Kier molecular flexibility index (Phi) is 5.03. The smallest absolute Gasteiger partial charge is 0.338 e. The lowest BCUT2D eigenvalue weighted by Crippen LogP contribution is -2.49. The summed E-state index contributed by atoms with van der Waals surface area (Å²) in [4.78, 5) is 12.0. The van der Waals surface area contributed by atoms with Crippen LogP contribution in [0.25, 0.3) is 0 Å². The molecule has 0 aromatic rings. The van der Waals surface area contributed by atoms with Gasteiger partial charge in [0.15, 0.2) is 13.9 Å². The third-order valence-corrected chi connectivity index (χ3v) is 9.45. The standard InChI is InChI=1S/C16H29O4Si/c1-9-12-13(20-21(7,8)15(3,4)5)11(2)10-16(12,18)14(17)19-6/h9,11-13,18H,1-2,10H2,3-8H3/q+1/t11-,12-,13+,16+/m0/s1. The van der Waals surface area contributed by atoms with Crippen molar-refractivity contribution in [3.05, 3.63) is 19.6 Å². The Morgan fingerprint density at radius 1 is 1.48 bits per heavy atom. The van der Waals surface area contributed by atoms with E-state index in [4.69, 9.17) is 9.16 Å². The molecule has 1 N–H and O–H groups in total. The van der Waals surface area contributed by atoms with E-state index in [1.807, 2.05) is 0 Å². The molecule has 1 aliphatic carbocycles. The highest BCUT2D eigenvalue weighted by molar-refractivity contribution is 6.74. The monoisotopic (exact) mass is 313 g/mol. The second-order valence-corrected chi connectivity index (χ2v) is 12.2. The number of methoxy groups -OCH3 is 1. The van der Waals surface area contributed by atoms with Crippen LogP contribution in [0.4, 0.5) is 0 Å². The van der Waals surface area contributed by atoms with Crippen LogP contribution >= 0.6 is 0 Å². The van der Waals surface area contributed by atoms with Crippen molar-refractivity contribution < 1.29 is 19.1 Å². The highest BCUT2D eigenvalue weighted by Crippen LogP contribution is 2.47. The largest absolute Gasteiger partial charge is 0.467 e. The molecule has 0 spiro atoms.